The summed E-state index contributed by atoms with van der Waals surface area (Å²) in [6.07, 6.45) is 5.18. The number of nitrogens with zero attached hydrogens (tertiary/aromatic N) is 3. The van der Waals surface area contributed by atoms with Crippen molar-refractivity contribution in [3.05, 3.63) is 24.3 Å². The molecule has 0 spiro atoms. The molecule has 0 N–H and O–H groups in total. The Labute approximate surface area is 46.6 Å². The topological polar surface area (TPSA) is 49.6 Å². The van der Waals surface area contributed by atoms with Gasteiger partial charge in [0, 0.05) is 0 Å². The summed E-state index contributed by atoms with van der Waals surface area (Å²) in [6.45, 7) is 0. The summed E-state index contributed by atoms with van der Waals surface area (Å²) in [7, 11) is 0. The fraction of sp³-hybridized carbons (Fsp3) is 0. The molecule has 0 amide bonds. The zero-order valence-electron chi connectivity index (χ0n) is 4.00. The van der Waals surface area contributed by atoms with Gasteiger partial charge in [-0.15, -0.1) is 0 Å². The largest absolute Gasteiger partial charge is 0.250 e. The minimum Gasteiger partial charge on any atom is -0.250 e. The third kappa shape index (κ3) is 0.793. The van der Waals surface area contributed by atoms with Crippen molar-refractivity contribution in [1.29, 1.82) is 5.26 Å². The maximum Gasteiger partial charge on any atom is 0.158 e. The van der Waals surface area contributed by atoms with Crippen molar-refractivity contribution in [3.8, 4) is 6.07 Å². The molecule has 0 saturated carbocycles. The van der Waals surface area contributed by atoms with E-state index in [2.05, 4.69) is 16.2 Å². The van der Waals surface area contributed by atoms with Crippen molar-refractivity contribution in [3.63, 3.8) is 0 Å². The van der Waals surface area contributed by atoms with E-state index in [9.17, 15) is 0 Å². The molecular formula is C5H2N3. The quantitative estimate of drug-likeness (QED) is 0.470. The number of rotatable bonds is 0. The van der Waals surface area contributed by atoms with Crippen molar-refractivity contribution < 1.29 is 0 Å². The summed E-state index contributed by atoms with van der Waals surface area (Å²) >= 11 is 0. The molecule has 37 valence electrons. The van der Waals surface area contributed by atoms with E-state index in [1.165, 1.54) is 12.4 Å². The van der Waals surface area contributed by atoms with Gasteiger partial charge < -0.3 is 0 Å². The summed E-state index contributed by atoms with van der Waals surface area (Å²) in [5, 5.41) is 8.17. The van der Waals surface area contributed by atoms with Crippen LogP contribution >= 0.6 is 0 Å². The normalized spacial score (nSPS) is 7.88. The molecule has 0 unspecified atom stereocenters. The van der Waals surface area contributed by atoms with Crippen LogP contribution in [0.3, 0.4) is 0 Å². The molecule has 1 aromatic heterocycles. The van der Waals surface area contributed by atoms with Crippen molar-refractivity contribution in [2.24, 2.45) is 0 Å². The highest BCUT2D eigenvalue weighted by Crippen LogP contribution is 1.81. The Morgan fingerprint density at radius 2 is 2.62 bits per heavy atom. The SMILES string of the molecule is N#Cc1cn[c]cn1. The molecule has 3 nitrogen and oxygen atoms in total. The molecule has 1 radical (unpaired) electrons. The molecule has 1 heterocycles. The second kappa shape index (κ2) is 2.03. The summed E-state index contributed by atoms with van der Waals surface area (Å²) in [6, 6.07) is 1.83. The molecule has 1 aromatic rings. The van der Waals surface area contributed by atoms with Crippen LogP contribution < -0.4 is 0 Å². The van der Waals surface area contributed by atoms with E-state index in [0.717, 1.165) is 0 Å². The number of hydrogen-bond donors (Lipinski definition) is 0. The average molecular weight is 104 g/mol. The fourth-order valence-electron chi connectivity index (χ4n) is 0.321. The van der Waals surface area contributed by atoms with Crippen LogP contribution in [0.2, 0.25) is 0 Å². The molecule has 0 aliphatic carbocycles. The molecule has 8 heavy (non-hydrogen) atoms. The van der Waals surface area contributed by atoms with Gasteiger partial charge in [0.1, 0.15) is 12.3 Å². The Balaban J connectivity index is 3.05. The first-order valence-corrected chi connectivity index (χ1v) is 2.01. The van der Waals surface area contributed by atoms with Gasteiger partial charge in [-0.25, -0.2) is 9.97 Å². The Morgan fingerprint density at radius 1 is 1.75 bits per heavy atom. The molecule has 1 rings (SSSR count). The zero-order valence-corrected chi connectivity index (χ0v) is 4.00. The highest BCUT2D eigenvalue weighted by atomic mass is 14.8. The van der Waals surface area contributed by atoms with E-state index in [1.807, 2.05) is 6.07 Å². The lowest BCUT2D eigenvalue weighted by Crippen LogP contribution is -1.80. The van der Waals surface area contributed by atoms with Crippen molar-refractivity contribution in [1.82, 2.24) is 9.97 Å². The Hall–Kier alpha value is -1.43. The standard InChI is InChI=1S/C5H2N3/c6-3-5-4-7-1-2-8-5/h2,4H. The molecule has 0 aliphatic heterocycles. The third-order valence-corrected chi connectivity index (χ3v) is 0.637. The van der Waals surface area contributed by atoms with E-state index in [1.54, 1.807) is 0 Å². The van der Waals surface area contributed by atoms with Gasteiger partial charge in [-0.2, -0.15) is 5.26 Å². The van der Waals surface area contributed by atoms with E-state index >= 15 is 0 Å². The van der Waals surface area contributed by atoms with E-state index in [-0.39, 0.29) is 0 Å². The Morgan fingerprint density at radius 3 is 3.00 bits per heavy atom. The minimum absolute atomic E-state index is 0.323. The maximum atomic E-state index is 8.17. The third-order valence-electron chi connectivity index (χ3n) is 0.637. The second-order valence-corrected chi connectivity index (χ2v) is 1.14. The highest BCUT2D eigenvalue weighted by molar-refractivity contribution is 5.13. The van der Waals surface area contributed by atoms with Gasteiger partial charge in [-0.3, -0.25) is 0 Å². The van der Waals surface area contributed by atoms with Gasteiger partial charge >= 0.3 is 0 Å². The first-order chi connectivity index (χ1) is 3.93. The van der Waals surface area contributed by atoms with Gasteiger partial charge in [0.25, 0.3) is 0 Å². The first kappa shape index (κ1) is 4.72. The molecule has 0 bridgehead atoms. The first-order valence-electron chi connectivity index (χ1n) is 2.01. The molecule has 0 atom stereocenters. The summed E-state index contributed by atoms with van der Waals surface area (Å²) in [5.74, 6) is 0. The van der Waals surface area contributed by atoms with Crippen molar-refractivity contribution in [2.45, 2.75) is 0 Å². The molecule has 0 fully saturated rings. The molecule has 0 aromatic carbocycles. The van der Waals surface area contributed by atoms with Gasteiger partial charge in [0.05, 0.1) is 12.4 Å². The smallest absolute Gasteiger partial charge is 0.158 e. The van der Waals surface area contributed by atoms with Crippen LogP contribution in [0.15, 0.2) is 12.4 Å². The van der Waals surface area contributed by atoms with E-state index in [0.29, 0.717) is 5.69 Å². The predicted molar refractivity (Wildman–Crippen MR) is 25.6 cm³/mol. The van der Waals surface area contributed by atoms with Crippen LogP contribution in [0.1, 0.15) is 5.69 Å². The lowest BCUT2D eigenvalue weighted by molar-refractivity contribution is 1.15. The van der Waals surface area contributed by atoms with Crippen LogP contribution in [0, 0.1) is 17.5 Å². The second-order valence-electron chi connectivity index (χ2n) is 1.14. The zero-order chi connectivity index (χ0) is 5.82. The predicted octanol–water partition coefficient (Wildman–Crippen LogP) is 0.148. The molecule has 0 saturated heterocycles. The summed E-state index contributed by atoms with van der Waals surface area (Å²) < 4.78 is 0. The summed E-state index contributed by atoms with van der Waals surface area (Å²) in [5.41, 5.74) is 0.323. The van der Waals surface area contributed by atoms with E-state index < -0.39 is 0 Å². The van der Waals surface area contributed by atoms with Crippen LogP contribution in [0.5, 0.6) is 0 Å². The van der Waals surface area contributed by atoms with E-state index in [4.69, 9.17) is 5.26 Å². The van der Waals surface area contributed by atoms with Gasteiger partial charge in [0.15, 0.2) is 5.69 Å². The Kier molecular flexibility index (Phi) is 1.20. The lowest BCUT2D eigenvalue weighted by atomic mass is 10.5. The van der Waals surface area contributed by atoms with Crippen molar-refractivity contribution in [2.75, 3.05) is 0 Å². The molecular weight excluding hydrogens is 102 g/mol. The lowest BCUT2D eigenvalue weighted by Gasteiger charge is -1.78. The van der Waals surface area contributed by atoms with Crippen LogP contribution in [0.25, 0.3) is 0 Å². The van der Waals surface area contributed by atoms with Crippen LogP contribution in [-0.2, 0) is 0 Å². The number of aromatic nitrogens is 2. The van der Waals surface area contributed by atoms with Crippen LogP contribution in [0.4, 0.5) is 0 Å². The molecule has 0 aliphatic rings. The highest BCUT2D eigenvalue weighted by Gasteiger charge is 1.83. The molecule has 3 heteroatoms. The number of hydrogen-bond acceptors (Lipinski definition) is 3. The van der Waals surface area contributed by atoms with Crippen molar-refractivity contribution >= 4 is 0 Å². The fourth-order valence-corrected chi connectivity index (χ4v) is 0.321. The minimum atomic E-state index is 0.323. The monoisotopic (exact) mass is 104 g/mol. The van der Waals surface area contributed by atoms with Gasteiger partial charge in [0.2, 0.25) is 0 Å². The van der Waals surface area contributed by atoms with Gasteiger partial charge in [-0.05, 0) is 0 Å². The summed E-state index contributed by atoms with van der Waals surface area (Å²) in [4.78, 5) is 7.16. The average Bonchev–Trinajstić information content (AvgIpc) is 1.90. The Bertz CT molecular complexity index is 199. The van der Waals surface area contributed by atoms with Crippen LogP contribution in [-0.4, -0.2) is 9.97 Å². The van der Waals surface area contributed by atoms with Gasteiger partial charge in [-0.1, -0.05) is 0 Å². The maximum absolute atomic E-state index is 8.17. The number of nitriles is 1.